The van der Waals surface area contributed by atoms with Crippen LogP contribution in [0.15, 0.2) is 48.3 Å². The molecule has 2 aliphatic heterocycles. The summed E-state index contributed by atoms with van der Waals surface area (Å²) in [5.41, 5.74) is 3.99. The standard InChI is InChI=1S/C25H22FN5O3S/c1-14(15-10-33-11-15)34-21-8-16(31-6-2-3-17(32)9-31)7-20-22(21)25(28-12-27-20)30-18-4-5-19-24(23(18)26)35-13-29-19/h2-5,7-8,12-15H,6,9-11H2,1H3,(H,27,28,30). The minimum Gasteiger partial charge on any atom is -0.489 e. The zero-order chi connectivity index (χ0) is 23.9. The fourth-order valence-electron chi connectivity index (χ4n) is 4.26. The third-order valence-electron chi connectivity index (χ3n) is 6.36. The van der Waals surface area contributed by atoms with E-state index in [1.165, 1.54) is 17.7 Å². The number of carbonyl (C=O) groups is 1. The third-order valence-corrected chi connectivity index (χ3v) is 7.20. The van der Waals surface area contributed by atoms with Crippen LogP contribution in [0.25, 0.3) is 21.1 Å². The Morgan fingerprint density at radius 3 is 2.91 bits per heavy atom. The number of thiazole rings is 1. The Labute approximate surface area is 204 Å². The summed E-state index contributed by atoms with van der Waals surface area (Å²) < 4.78 is 27.4. The number of rotatable bonds is 6. The Bertz CT molecular complexity index is 1470. The zero-order valence-corrected chi connectivity index (χ0v) is 19.7. The molecular weight excluding hydrogens is 469 g/mol. The first kappa shape index (κ1) is 21.9. The molecule has 8 nitrogen and oxygen atoms in total. The Morgan fingerprint density at radius 2 is 2.11 bits per heavy atom. The summed E-state index contributed by atoms with van der Waals surface area (Å²) in [4.78, 5) is 27.1. The van der Waals surface area contributed by atoms with Crippen molar-refractivity contribution in [1.29, 1.82) is 0 Å². The number of nitrogens with one attached hydrogen (secondary N) is 1. The molecule has 2 aromatic heterocycles. The van der Waals surface area contributed by atoms with Crippen molar-refractivity contribution in [2.24, 2.45) is 5.92 Å². The second kappa shape index (κ2) is 8.86. The van der Waals surface area contributed by atoms with Crippen LogP contribution in [0.4, 0.5) is 21.6 Å². The van der Waals surface area contributed by atoms with Crippen LogP contribution >= 0.6 is 11.3 Å². The van der Waals surface area contributed by atoms with Gasteiger partial charge in [0.05, 0.1) is 52.1 Å². The van der Waals surface area contributed by atoms with Crippen LogP contribution in [0.3, 0.4) is 0 Å². The molecule has 0 aliphatic carbocycles. The lowest BCUT2D eigenvalue weighted by molar-refractivity contribution is -0.113. The molecule has 1 saturated heterocycles. The minimum atomic E-state index is -0.380. The van der Waals surface area contributed by atoms with Crippen molar-refractivity contribution in [2.75, 3.05) is 36.5 Å². The molecular formula is C25H22FN5O3S. The average Bonchev–Trinajstić information content (AvgIpc) is 3.29. The zero-order valence-electron chi connectivity index (χ0n) is 18.9. The van der Waals surface area contributed by atoms with Gasteiger partial charge < -0.3 is 19.7 Å². The van der Waals surface area contributed by atoms with Crippen LogP contribution < -0.4 is 15.0 Å². The van der Waals surface area contributed by atoms with Gasteiger partial charge in [-0.05, 0) is 31.2 Å². The van der Waals surface area contributed by atoms with Gasteiger partial charge in [0.2, 0.25) is 0 Å². The molecule has 0 amide bonds. The maximum atomic E-state index is 15.2. The SMILES string of the molecule is CC(Oc1cc(N2CC=CC(=O)C2)cc2ncnc(Nc3ccc4ncsc4c3F)c12)C1COC1. The van der Waals surface area contributed by atoms with Gasteiger partial charge >= 0.3 is 0 Å². The molecule has 0 radical (unpaired) electrons. The van der Waals surface area contributed by atoms with Crippen molar-refractivity contribution in [3.63, 3.8) is 0 Å². The number of nitrogens with zero attached hydrogens (tertiary/aromatic N) is 4. The molecule has 0 saturated carbocycles. The van der Waals surface area contributed by atoms with E-state index in [4.69, 9.17) is 9.47 Å². The number of hydrogen-bond donors (Lipinski definition) is 1. The first-order chi connectivity index (χ1) is 17.1. The number of benzene rings is 2. The van der Waals surface area contributed by atoms with E-state index in [-0.39, 0.29) is 30.2 Å². The molecule has 4 aromatic rings. The monoisotopic (exact) mass is 491 g/mol. The number of ketones is 1. The molecule has 10 heteroatoms. The number of anilines is 3. The first-order valence-corrected chi connectivity index (χ1v) is 12.2. The van der Waals surface area contributed by atoms with Gasteiger partial charge in [-0.3, -0.25) is 4.79 Å². The number of carbonyl (C=O) groups excluding carboxylic acids is 1. The highest BCUT2D eigenvalue weighted by atomic mass is 32.1. The van der Waals surface area contributed by atoms with Crippen molar-refractivity contribution in [2.45, 2.75) is 13.0 Å². The van der Waals surface area contributed by atoms with Crippen LogP contribution in [0.5, 0.6) is 5.75 Å². The maximum absolute atomic E-state index is 15.2. The molecule has 178 valence electrons. The molecule has 1 N–H and O–H groups in total. The Kier molecular flexibility index (Phi) is 5.54. The molecule has 0 bridgehead atoms. The lowest BCUT2D eigenvalue weighted by Gasteiger charge is -2.32. The predicted octanol–water partition coefficient (Wildman–Crippen LogP) is 4.48. The molecule has 6 rings (SSSR count). The van der Waals surface area contributed by atoms with Crippen molar-refractivity contribution in [3.05, 3.63) is 54.1 Å². The minimum absolute atomic E-state index is 0.0396. The fraction of sp³-hybridized carbons (Fsp3) is 0.280. The summed E-state index contributed by atoms with van der Waals surface area (Å²) in [6.45, 7) is 4.19. The van der Waals surface area contributed by atoms with E-state index in [2.05, 4.69) is 20.3 Å². The average molecular weight is 492 g/mol. The van der Waals surface area contributed by atoms with E-state index in [1.54, 1.807) is 23.7 Å². The van der Waals surface area contributed by atoms with Gasteiger partial charge in [0.25, 0.3) is 0 Å². The van der Waals surface area contributed by atoms with Gasteiger partial charge in [-0.2, -0.15) is 0 Å². The highest BCUT2D eigenvalue weighted by Crippen LogP contribution is 2.38. The molecule has 35 heavy (non-hydrogen) atoms. The Morgan fingerprint density at radius 1 is 1.23 bits per heavy atom. The van der Waals surface area contributed by atoms with Gasteiger partial charge in [-0.25, -0.2) is 19.3 Å². The Balaban J connectivity index is 1.44. The van der Waals surface area contributed by atoms with Gasteiger partial charge in [0.15, 0.2) is 11.6 Å². The maximum Gasteiger partial charge on any atom is 0.174 e. The van der Waals surface area contributed by atoms with Crippen LogP contribution in [-0.2, 0) is 9.53 Å². The largest absolute Gasteiger partial charge is 0.489 e. The molecule has 1 atom stereocenters. The van der Waals surface area contributed by atoms with Crippen LogP contribution in [0.2, 0.25) is 0 Å². The lowest BCUT2D eigenvalue weighted by Crippen LogP contribution is -2.39. The molecule has 2 aromatic carbocycles. The van der Waals surface area contributed by atoms with E-state index in [1.807, 2.05) is 30.0 Å². The normalized spacial score (nSPS) is 17.1. The summed E-state index contributed by atoms with van der Waals surface area (Å²) in [6, 6.07) is 7.24. The van der Waals surface area contributed by atoms with Gasteiger partial charge in [0, 0.05) is 24.2 Å². The quantitative estimate of drug-likeness (QED) is 0.422. The van der Waals surface area contributed by atoms with Crippen molar-refractivity contribution < 1.29 is 18.7 Å². The topological polar surface area (TPSA) is 89.5 Å². The van der Waals surface area contributed by atoms with Crippen LogP contribution in [0.1, 0.15) is 6.92 Å². The van der Waals surface area contributed by atoms with E-state index < -0.39 is 0 Å². The van der Waals surface area contributed by atoms with Crippen molar-refractivity contribution in [1.82, 2.24) is 15.0 Å². The number of fused-ring (bicyclic) bond motifs is 2. The third kappa shape index (κ3) is 4.08. The smallest absolute Gasteiger partial charge is 0.174 e. The molecule has 1 fully saturated rings. The van der Waals surface area contributed by atoms with E-state index in [0.717, 1.165) is 5.69 Å². The van der Waals surface area contributed by atoms with E-state index in [0.29, 0.717) is 58.1 Å². The van der Waals surface area contributed by atoms with Gasteiger partial charge in [-0.1, -0.05) is 6.08 Å². The number of aromatic nitrogens is 3. The summed E-state index contributed by atoms with van der Waals surface area (Å²) in [5.74, 6) is 0.944. The highest BCUT2D eigenvalue weighted by molar-refractivity contribution is 7.16. The lowest BCUT2D eigenvalue weighted by atomic mass is 10.0. The van der Waals surface area contributed by atoms with Gasteiger partial charge in [-0.15, -0.1) is 11.3 Å². The second-order valence-electron chi connectivity index (χ2n) is 8.68. The summed E-state index contributed by atoms with van der Waals surface area (Å²) >= 11 is 1.25. The molecule has 2 aliphatic rings. The highest BCUT2D eigenvalue weighted by Gasteiger charge is 2.28. The predicted molar refractivity (Wildman–Crippen MR) is 133 cm³/mol. The molecule has 0 spiro atoms. The number of halogens is 1. The van der Waals surface area contributed by atoms with Crippen molar-refractivity contribution >= 4 is 55.4 Å². The van der Waals surface area contributed by atoms with E-state index in [9.17, 15) is 4.79 Å². The van der Waals surface area contributed by atoms with E-state index >= 15 is 4.39 Å². The number of ether oxygens (including phenoxy) is 2. The van der Waals surface area contributed by atoms with Crippen molar-refractivity contribution in [3.8, 4) is 5.75 Å². The first-order valence-electron chi connectivity index (χ1n) is 11.3. The summed E-state index contributed by atoms with van der Waals surface area (Å²) in [6.07, 6.45) is 4.78. The number of hydrogen-bond acceptors (Lipinski definition) is 9. The Hall–Kier alpha value is -3.63. The van der Waals surface area contributed by atoms with Crippen LogP contribution in [0, 0.1) is 11.7 Å². The fourth-order valence-corrected chi connectivity index (χ4v) is 4.99. The summed E-state index contributed by atoms with van der Waals surface area (Å²) in [7, 11) is 0. The van der Waals surface area contributed by atoms with Crippen LogP contribution in [-0.4, -0.2) is 53.1 Å². The summed E-state index contributed by atoms with van der Waals surface area (Å²) in [5, 5.41) is 3.79. The van der Waals surface area contributed by atoms with Gasteiger partial charge in [0.1, 0.15) is 24.0 Å². The molecule has 1 unspecified atom stereocenters. The second-order valence-corrected chi connectivity index (χ2v) is 9.54. The molecule has 4 heterocycles.